The monoisotopic (exact) mass is 482 g/mol. The third kappa shape index (κ3) is 23.1. The fourth-order valence-corrected chi connectivity index (χ4v) is 4.73. The van der Waals surface area contributed by atoms with Gasteiger partial charge in [0, 0.05) is 6.42 Å². The summed E-state index contributed by atoms with van der Waals surface area (Å²) in [7, 11) is 0. The first-order valence-electron chi connectivity index (χ1n) is 15.3. The molecule has 0 aliphatic heterocycles. The maximum atomic E-state index is 12.1. The molecule has 2 N–H and O–H groups in total. The zero-order valence-electron chi connectivity index (χ0n) is 23.6. The summed E-state index contributed by atoms with van der Waals surface area (Å²) < 4.78 is 5.54. The first-order valence-corrected chi connectivity index (χ1v) is 15.3. The van der Waals surface area contributed by atoms with Gasteiger partial charge in [-0.15, -0.1) is 0 Å². The standard InChI is InChI=1S/C30H62N2O2/c1-4-7-10-11-14-17-25-32(27-19-24-31)26-18-15-12-13-16-22-30(33)34-28-23-29(20-8-5-2)21-9-6-3/h29H,4-28,31H2,1-3H3. The van der Waals surface area contributed by atoms with E-state index in [0.717, 1.165) is 44.7 Å². The third-order valence-corrected chi connectivity index (χ3v) is 7.08. The van der Waals surface area contributed by atoms with Crippen LogP contribution in [0.25, 0.3) is 0 Å². The van der Waals surface area contributed by atoms with E-state index in [9.17, 15) is 4.79 Å². The summed E-state index contributed by atoms with van der Waals surface area (Å²) in [4.78, 5) is 14.7. The van der Waals surface area contributed by atoms with Crippen molar-refractivity contribution in [1.82, 2.24) is 4.90 Å². The van der Waals surface area contributed by atoms with E-state index in [1.165, 1.54) is 109 Å². The van der Waals surface area contributed by atoms with E-state index in [1.807, 2.05) is 0 Å². The van der Waals surface area contributed by atoms with Gasteiger partial charge in [-0.3, -0.25) is 4.79 Å². The summed E-state index contributed by atoms with van der Waals surface area (Å²) in [6.45, 7) is 11.8. The second-order valence-electron chi connectivity index (χ2n) is 10.4. The van der Waals surface area contributed by atoms with Gasteiger partial charge in [-0.2, -0.15) is 0 Å². The van der Waals surface area contributed by atoms with Crippen molar-refractivity contribution in [1.29, 1.82) is 0 Å². The molecule has 0 spiro atoms. The molecular weight excluding hydrogens is 420 g/mol. The molecule has 0 aromatic carbocycles. The van der Waals surface area contributed by atoms with Crippen LogP contribution in [0.3, 0.4) is 0 Å². The fraction of sp³-hybridized carbons (Fsp3) is 0.967. The number of rotatable bonds is 27. The van der Waals surface area contributed by atoms with Crippen LogP contribution in [0.2, 0.25) is 0 Å². The predicted molar refractivity (Wildman–Crippen MR) is 149 cm³/mol. The van der Waals surface area contributed by atoms with Crippen molar-refractivity contribution in [3.63, 3.8) is 0 Å². The van der Waals surface area contributed by atoms with Crippen LogP contribution < -0.4 is 5.73 Å². The highest BCUT2D eigenvalue weighted by atomic mass is 16.5. The van der Waals surface area contributed by atoms with Gasteiger partial charge in [-0.25, -0.2) is 0 Å². The molecule has 0 rings (SSSR count). The molecule has 0 saturated heterocycles. The van der Waals surface area contributed by atoms with Crippen molar-refractivity contribution in [2.24, 2.45) is 11.7 Å². The highest BCUT2D eigenvalue weighted by molar-refractivity contribution is 5.69. The van der Waals surface area contributed by atoms with Crippen LogP contribution in [0, 0.1) is 5.92 Å². The molecule has 0 radical (unpaired) electrons. The topological polar surface area (TPSA) is 55.6 Å². The lowest BCUT2D eigenvalue weighted by Crippen LogP contribution is -2.28. The molecule has 0 aromatic heterocycles. The van der Waals surface area contributed by atoms with E-state index >= 15 is 0 Å². The largest absolute Gasteiger partial charge is 0.466 e. The van der Waals surface area contributed by atoms with Gasteiger partial charge in [0.05, 0.1) is 6.61 Å². The average molecular weight is 483 g/mol. The lowest BCUT2D eigenvalue weighted by atomic mass is 9.93. The van der Waals surface area contributed by atoms with Crippen molar-refractivity contribution in [3.05, 3.63) is 0 Å². The summed E-state index contributed by atoms with van der Waals surface area (Å²) in [5.41, 5.74) is 5.74. The fourth-order valence-electron chi connectivity index (χ4n) is 4.73. The minimum absolute atomic E-state index is 0.0108. The van der Waals surface area contributed by atoms with Crippen LogP contribution in [0.5, 0.6) is 0 Å². The molecule has 0 aromatic rings. The molecule has 0 bridgehead atoms. The van der Waals surface area contributed by atoms with Crippen LogP contribution in [0.4, 0.5) is 0 Å². The number of unbranched alkanes of at least 4 members (excludes halogenated alkanes) is 11. The van der Waals surface area contributed by atoms with Gasteiger partial charge in [-0.1, -0.05) is 111 Å². The molecule has 0 saturated carbocycles. The maximum Gasteiger partial charge on any atom is 0.305 e. The third-order valence-electron chi connectivity index (χ3n) is 7.08. The van der Waals surface area contributed by atoms with Crippen LogP contribution in [-0.4, -0.2) is 43.7 Å². The minimum atomic E-state index is 0.0108. The smallest absolute Gasteiger partial charge is 0.305 e. The van der Waals surface area contributed by atoms with Crippen LogP contribution >= 0.6 is 0 Å². The van der Waals surface area contributed by atoms with Gasteiger partial charge in [0.2, 0.25) is 0 Å². The molecule has 34 heavy (non-hydrogen) atoms. The first kappa shape index (κ1) is 33.4. The molecule has 0 atom stereocenters. The predicted octanol–water partition coefficient (Wildman–Crippen LogP) is 8.27. The second-order valence-corrected chi connectivity index (χ2v) is 10.4. The number of hydrogen-bond acceptors (Lipinski definition) is 4. The SMILES string of the molecule is CCCCCCCCN(CCCN)CCCCCCCC(=O)OCCC(CCCC)CCCC. The Morgan fingerprint density at radius 3 is 1.71 bits per heavy atom. The van der Waals surface area contributed by atoms with E-state index in [2.05, 4.69) is 25.7 Å². The van der Waals surface area contributed by atoms with Gasteiger partial charge in [0.15, 0.2) is 0 Å². The van der Waals surface area contributed by atoms with Crippen molar-refractivity contribution in [2.45, 2.75) is 149 Å². The number of ether oxygens (including phenoxy) is 1. The molecule has 4 nitrogen and oxygen atoms in total. The lowest BCUT2D eigenvalue weighted by molar-refractivity contribution is -0.144. The minimum Gasteiger partial charge on any atom is -0.466 e. The van der Waals surface area contributed by atoms with Crippen molar-refractivity contribution < 1.29 is 9.53 Å². The van der Waals surface area contributed by atoms with E-state index in [-0.39, 0.29) is 5.97 Å². The van der Waals surface area contributed by atoms with Gasteiger partial charge >= 0.3 is 5.97 Å². The Balaban J connectivity index is 3.77. The molecule has 0 fully saturated rings. The van der Waals surface area contributed by atoms with E-state index < -0.39 is 0 Å². The van der Waals surface area contributed by atoms with Gasteiger partial charge < -0.3 is 15.4 Å². The Bertz CT molecular complexity index is 409. The molecule has 0 unspecified atom stereocenters. The van der Waals surface area contributed by atoms with Crippen molar-refractivity contribution in [3.8, 4) is 0 Å². The van der Waals surface area contributed by atoms with Crippen LogP contribution in [0.15, 0.2) is 0 Å². The normalized spacial score (nSPS) is 11.6. The zero-order valence-corrected chi connectivity index (χ0v) is 23.6. The average Bonchev–Trinajstić information content (AvgIpc) is 2.84. The molecule has 0 heterocycles. The number of nitrogens with zero attached hydrogens (tertiary/aromatic N) is 1. The summed E-state index contributed by atoms with van der Waals surface area (Å²) in [6.07, 6.45) is 24.5. The summed E-state index contributed by atoms with van der Waals surface area (Å²) in [5, 5.41) is 0. The number of carbonyl (C=O) groups is 1. The van der Waals surface area contributed by atoms with Gasteiger partial charge in [-0.05, 0) is 64.2 Å². The Kier molecular flexibility index (Phi) is 26.5. The first-order chi connectivity index (χ1) is 16.7. The van der Waals surface area contributed by atoms with Gasteiger partial charge in [0.1, 0.15) is 0 Å². The summed E-state index contributed by atoms with van der Waals surface area (Å²) in [5.74, 6) is 0.745. The summed E-state index contributed by atoms with van der Waals surface area (Å²) >= 11 is 0. The molecule has 0 aliphatic carbocycles. The molecular formula is C30H62N2O2. The molecule has 4 heteroatoms. The zero-order chi connectivity index (χ0) is 25.1. The highest BCUT2D eigenvalue weighted by Crippen LogP contribution is 2.20. The van der Waals surface area contributed by atoms with Crippen molar-refractivity contribution >= 4 is 5.97 Å². The Hall–Kier alpha value is -0.610. The summed E-state index contributed by atoms with van der Waals surface area (Å²) in [6, 6.07) is 0. The van der Waals surface area contributed by atoms with Gasteiger partial charge in [0.25, 0.3) is 0 Å². The lowest BCUT2D eigenvalue weighted by Gasteiger charge is -2.22. The van der Waals surface area contributed by atoms with Crippen LogP contribution in [-0.2, 0) is 9.53 Å². The Morgan fingerprint density at radius 1 is 0.647 bits per heavy atom. The Morgan fingerprint density at radius 2 is 1.15 bits per heavy atom. The van der Waals surface area contributed by atoms with Crippen molar-refractivity contribution in [2.75, 3.05) is 32.8 Å². The van der Waals surface area contributed by atoms with Crippen LogP contribution in [0.1, 0.15) is 149 Å². The number of hydrogen-bond donors (Lipinski definition) is 1. The highest BCUT2D eigenvalue weighted by Gasteiger charge is 2.10. The molecule has 204 valence electrons. The molecule has 0 aliphatic rings. The number of esters is 1. The van der Waals surface area contributed by atoms with E-state index in [1.54, 1.807) is 0 Å². The quantitative estimate of drug-likeness (QED) is 0.0945. The number of nitrogens with two attached hydrogens (primary N) is 1. The Labute approximate surface area is 214 Å². The second kappa shape index (κ2) is 27.0. The molecule has 0 amide bonds. The van der Waals surface area contributed by atoms with E-state index in [4.69, 9.17) is 10.5 Å². The van der Waals surface area contributed by atoms with E-state index in [0.29, 0.717) is 13.0 Å². The number of carbonyl (C=O) groups excluding carboxylic acids is 1. The maximum absolute atomic E-state index is 12.1.